The molecule has 27 heavy (non-hydrogen) atoms. The molecule has 1 unspecified atom stereocenters. The van der Waals surface area contributed by atoms with Crippen molar-refractivity contribution in [1.29, 1.82) is 0 Å². The molecule has 5 nitrogen and oxygen atoms in total. The average Bonchev–Trinajstić information content (AvgIpc) is 2.67. The Morgan fingerprint density at radius 3 is 2.44 bits per heavy atom. The van der Waals surface area contributed by atoms with Gasteiger partial charge < -0.3 is 10.6 Å². The predicted molar refractivity (Wildman–Crippen MR) is 106 cm³/mol. The zero-order valence-electron chi connectivity index (χ0n) is 15.6. The molecule has 0 aliphatic carbocycles. The van der Waals surface area contributed by atoms with E-state index in [9.17, 15) is 13.2 Å². The van der Waals surface area contributed by atoms with E-state index in [1.807, 2.05) is 6.92 Å². The lowest BCUT2D eigenvalue weighted by Crippen LogP contribution is -2.38. The van der Waals surface area contributed by atoms with Crippen molar-refractivity contribution in [2.45, 2.75) is 30.4 Å². The second-order valence-electron chi connectivity index (χ2n) is 7.19. The summed E-state index contributed by atoms with van der Waals surface area (Å²) in [5, 5.41) is 6.31. The summed E-state index contributed by atoms with van der Waals surface area (Å²) >= 11 is 0. The molecule has 0 aromatic heterocycles. The Bertz CT molecular complexity index is 869. The molecule has 0 bridgehead atoms. The van der Waals surface area contributed by atoms with Crippen LogP contribution in [0.5, 0.6) is 0 Å². The SMILES string of the molecule is Cc1ccc(S(=O)(=O)Cc2ccc(C(=O)NCC3CCCNC3)cc2)cc1. The standard InChI is InChI=1S/C21H26N2O3S/c1-16-4-10-20(11-5-16)27(25,26)15-17-6-8-19(9-7-17)21(24)23-14-18-3-2-12-22-13-18/h4-11,18,22H,2-3,12-15H2,1H3,(H,23,24). The molecule has 2 N–H and O–H groups in total. The van der Waals surface area contributed by atoms with Gasteiger partial charge in [-0.25, -0.2) is 8.42 Å². The van der Waals surface area contributed by atoms with Crippen LogP contribution in [0.4, 0.5) is 0 Å². The van der Waals surface area contributed by atoms with E-state index in [4.69, 9.17) is 0 Å². The number of hydrogen-bond donors (Lipinski definition) is 2. The van der Waals surface area contributed by atoms with Crippen molar-refractivity contribution in [2.75, 3.05) is 19.6 Å². The fourth-order valence-electron chi connectivity index (χ4n) is 3.24. The van der Waals surface area contributed by atoms with Gasteiger partial charge in [-0.15, -0.1) is 0 Å². The van der Waals surface area contributed by atoms with Gasteiger partial charge in [0.1, 0.15) is 0 Å². The Balaban J connectivity index is 1.59. The molecular weight excluding hydrogens is 360 g/mol. The quantitative estimate of drug-likeness (QED) is 0.800. The van der Waals surface area contributed by atoms with Crippen molar-refractivity contribution in [3.05, 3.63) is 65.2 Å². The van der Waals surface area contributed by atoms with E-state index >= 15 is 0 Å². The molecule has 1 atom stereocenters. The summed E-state index contributed by atoms with van der Waals surface area (Å²) in [4.78, 5) is 12.6. The van der Waals surface area contributed by atoms with Crippen LogP contribution in [0.15, 0.2) is 53.4 Å². The Morgan fingerprint density at radius 2 is 1.81 bits per heavy atom. The first-order valence-electron chi connectivity index (χ1n) is 9.31. The highest BCUT2D eigenvalue weighted by Gasteiger charge is 2.17. The number of hydrogen-bond acceptors (Lipinski definition) is 4. The molecule has 3 rings (SSSR count). The molecule has 0 saturated carbocycles. The van der Waals surface area contributed by atoms with Gasteiger partial charge in [0.25, 0.3) is 5.91 Å². The smallest absolute Gasteiger partial charge is 0.251 e. The van der Waals surface area contributed by atoms with Gasteiger partial charge in [-0.1, -0.05) is 29.8 Å². The van der Waals surface area contributed by atoms with Crippen molar-refractivity contribution >= 4 is 15.7 Å². The van der Waals surface area contributed by atoms with Crippen molar-refractivity contribution in [3.8, 4) is 0 Å². The molecule has 1 aliphatic rings. The van der Waals surface area contributed by atoms with Crippen LogP contribution in [0.2, 0.25) is 0 Å². The topological polar surface area (TPSA) is 75.3 Å². The maximum atomic E-state index is 12.5. The zero-order valence-corrected chi connectivity index (χ0v) is 16.4. The fourth-order valence-corrected chi connectivity index (χ4v) is 4.59. The molecule has 1 amide bonds. The van der Waals surface area contributed by atoms with Gasteiger partial charge in [0.2, 0.25) is 0 Å². The first-order valence-corrected chi connectivity index (χ1v) is 11.0. The van der Waals surface area contributed by atoms with Crippen LogP contribution < -0.4 is 10.6 Å². The highest BCUT2D eigenvalue weighted by atomic mass is 32.2. The molecule has 0 radical (unpaired) electrons. The third-order valence-corrected chi connectivity index (χ3v) is 6.61. The molecule has 2 aromatic rings. The van der Waals surface area contributed by atoms with Crippen molar-refractivity contribution in [2.24, 2.45) is 5.92 Å². The zero-order chi connectivity index (χ0) is 19.3. The van der Waals surface area contributed by atoms with E-state index in [0.29, 0.717) is 28.5 Å². The molecule has 1 aliphatic heterocycles. The normalized spacial score (nSPS) is 17.4. The van der Waals surface area contributed by atoms with Gasteiger partial charge in [0, 0.05) is 12.1 Å². The van der Waals surface area contributed by atoms with Crippen LogP contribution in [0.3, 0.4) is 0 Å². The lowest BCUT2D eigenvalue weighted by atomic mass is 9.99. The summed E-state index contributed by atoms with van der Waals surface area (Å²) in [5.74, 6) is 0.279. The van der Waals surface area contributed by atoms with Crippen LogP contribution in [0.25, 0.3) is 0 Å². The summed E-state index contributed by atoms with van der Waals surface area (Å²) in [5.41, 5.74) is 2.24. The molecule has 0 spiro atoms. The van der Waals surface area contributed by atoms with Gasteiger partial charge in [0.05, 0.1) is 10.6 Å². The van der Waals surface area contributed by atoms with Crippen LogP contribution in [0.1, 0.15) is 34.3 Å². The number of carbonyl (C=O) groups is 1. The van der Waals surface area contributed by atoms with Gasteiger partial charge in [-0.2, -0.15) is 0 Å². The van der Waals surface area contributed by atoms with Gasteiger partial charge in [-0.3, -0.25) is 4.79 Å². The van der Waals surface area contributed by atoms with Crippen LogP contribution in [-0.4, -0.2) is 34.0 Å². The van der Waals surface area contributed by atoms with Gasteiger partial charge >= 0.3 is 0 Å². The minimum Gasteiger partial charge on any atom is -0.352 e. The molecule has 2 aromatic carbocycles. The van der Waals surface area contributed by atoms with Crippen LogP contribution in [0, 0.1) is 12.8 Å². The maximum Gasteiger partial charge on any atom is 0.251 e. The van der Waals surface area contributed by atoms with E-state index in [-0.39, 0.29) is 11.7 Å². The third kappa shape index (κ3) is 5.40. The number of sulfone groups is 1. The number of carbonyl (C=O) groups excluding carboxylic acids is 1. The summed E-state index contributed by atoms with van der Waals surface area (Å²) < 4.78 is 25.0. The second-order valence-corrected chi connectivity index (χ2v) is 9.18. The van der Waals surface area contributed by atoms with Crippen molar-refractivity contribution in [3.63, 3.8) is 0 Å². The highest BCUT2D eigenvalue weighted by Crippen LogP contribution is 2.17. The van der Waals surface area contributed by atoms with Crippen molar-refractivity contribution in [1.82, 2.24) is 10.6 Å². The van der Waals surface area contributed by atoms with Crippen molar-refractivity contribution < 1.29 is 13.2 Å². The first-order chi connectivity index (χ1) is 12.9. The van der Waals surface area contributed by atoms with Crippen LogP contribution in [-0.2, 0) is 15.6 Å². The summed E-state index contributed by atoms with van der Waals surface area (Å²) in [6, 6.07) is 13.7. The molecule has 6 heteroatoms. The van der Waals surface area contributed by atoms with Gasteiger partial charge in [0.15, 0.2) is 9.84 Å². The third-order valence-electron chi connectivity index (χ3n) is 4.90. The number of rotatable bonds is 6. The minimum atomic E-state index is -3.40. The Kier molecular flexibility index (Phi) is 6.29. The molecule has 144 valence electrons. The predicted octanol–water partition coefficient (Wildman–Crippen LogP) is 2.70. The van der Waals surface area contributed by atoms with Gasteiger partial charge in [-0.05, 0) is 68.6 Å². The fraction of sp³-hybridized carbons (Fsp3) is 0.381. The van der Waals surface area contributed by atoms with E-state index < -0.39 is 9.84 Å². The first kappa shape index (κ1) is 19.6. The molecule has 1 saturated heterocycles. The number of nitrogens with one attached hydrogen (secondary N) is 2. The lowest BCUT2D eigenvalue weighted by Gasteiger charge is -2.22. The van der Waals surface area contributed by atoms with E-state index in [1.165, 1.54) is 0 Å². The van der Waals surface area contributed by atoms with Crippen LogP contribution >= 0.6 is 0 Å². The lowest BCUT2D eigenvalue weighted by molar-refractivity contribution is 0.0945. The molecular formula is C21H26N2O3S. The summed E-state index contributed by atoms with van der Waals surface area (Å²) in [6.07, 6.45) is 2.27. The monoisotopic (exact) mass is 386 g/mol. The summed E-state index contributed by atoms with van der Waals surface area (Å²) in [6.45, 7) is 4.58. The number of amides is 1. The largest absolute Gasteiger partial charge is 0.352 e. The highest BCUT2D eigenvalue weighted by molar-refractivity contribution is 7.90. The number of benzene rings is 2. The second kappa shape index (κ2) is 8.67. The maximum absolute atomic E-state index is 12.5. The average molecular weight is 387 g/mol. The Labute approximate surface area is 161 Å². The molecule has 1 fully saturated rings. The Morgan fingerprint density at radius 1 is 1.11 bits per heavy atom. The Hall–Kier alpha value is -2.18. The molecule has 1 heterocycles. The van der Waals surface area contributed by atoms with E-state index in [0.717, 1.165) is 31.5 Å². The number of aryl methyl sites for hydroxylation is 1. The number of piperidine rings is 1. The minimum absolute atomic E-state index is 0.0777. The van der Waals surface area contributed by atoms with E-state index in [1.54, 1.807) is 48.5 Å². The van der Waals surface area contributed by atoms with E-state index in [2.05, 4.69) is 10.6 Å². The summed E-state index contributed by atoms with van der Waals surface area (Å²) in [7, 11) is -3.40.